The Morgan fingerprint density at radius 1 is 0.636 bits per heavy atom. The molecule has 3 aromatic heterocycles. The molecule has 3 aromatic carbocycles. The second-order valence-corrected chi connectivity index (χ2v) is 8.41. The Morgan fingerprint density at radius 2 is 1.36 bits per heavy atom. The van der Waals surface area contributed by atoms with Gasteiger partial charge in [-0.2, -0.15) is 11.3 Å². The molecule has 0 saturated carbocycles. The molecule has 6 aromatic rings. The van der Waals surface area contributed by atoms with E-state index in [0.29, 0.717) is 11.8 Å². The fourth-order valence-electron chi connectivity index (χ4n) is 3.71. The number of nitrogens with zero attached hydrogens (tertiary/aromatic N) is 2. The zero-order chi connectivity index (χ0) is 21.3. The molecular weight excluding hydrogens is 607 g/mol. The van der Waals surface area contributed by atoms with Crippen molar-refractivity contribution in [3.05, 3.63) is 109 Å². The van der Waals surface area contributed by atoms with Gasteiger partial charge >= 0.3 is 21.1 Å². The van der Waals surface area contributed by atoms with Crippen LogP contribution in [0.5, 0.6) is 11.8 Å². The van der Waals surface area contributed by atoms with Crippen LogP contribution in [0.3, 0.4) is 0 Å². The first-order chi connectivity index (χ1) is 15.8. The minimum atomic E-state index is 0. The van der Waals surface area contributed by atoms with Crippen molar-refractivity contribution in [2.75, 3.05) is 0 Å². The summed E-state index contributed by atoms with van der Waals surface area (Å²) >= 11 is 1.78. The van der Waals surface area contributed by atoms with Gasteiger partial charge in [0.05, 0.1) is 0 Å². The maximum absolute atomic E-state index is 5.99. The molecule has 33 heavy (non-hydrogen) atoms. The number of pyridine rings is 2. The van der Waals surface area contributed by atoms with E-state index in [2.05, 4.69) is 53.5 Å². The molecular formula is C28H16N2OPtS. The van der Waals surface area contributed by atoms with E-state index < -0.39 is 0 Å². The third kappa shape index (κ3) is 4.32. The minimum absolute atomic E-state index is 0. The number of rotatable bonds is 4. The smallest absolute Gasteiger partial charge is 0.422 e. The molecule has 0 aliphatic heterocycles. The van der Waals surface area contributed by atoms with Gasteiger partial charge in [0.25, 0.3) is 0 Å². The first-order valence-electron chi connectivity index (χ1n) is 10.3. The van der Waals surface area contributed by atoms with E-state index in [0.717, 1.165) is 22.5 Å². The van der Waals surface area contributed by atoms with E-state index in [1.165, 1.54) is 20.2 Å². The monoisotopic (exact) mass is 623 g/mol. The van der Waals surface area contributed by atoms with Crippen molar-refractivity contribution >= 4 is 31.5 Å². The fraction of sp³-hybridized carbons (Fsp3) is 0. The predicted octanol–water partition coefficient (Wildman–Crippen LogP) is 7.57. The summed E-state index contributed by atoms with van der Waals surface area (Å²) in [5.74, 6) is 0.988. The molecule has 0 N–H and O–H groups in total. The Labute approximate surface area is 210 Å². The maximum Gasteiger partial charge on any atom is 2.00 e. The van der Waals surface area contributed by atoms with E-state index in [1.807, 2.05) is 60.7 Å². The van der Waals surface area contributed by atoms with E-state index >= 15 is 0 Å². The number of hydrogen-bond donors (Lipinski definition) is 0. The summed E-state index contributed by atoms with van der Waals surface area (Å²) in [7, 11) is 0. The maximum atomic E-state index is 5.99. The zero-order valence-electron chi connectivity index (χ0n) is 17.3. The Balaban J connectivity index is 0.00000228. The first-order valence-corrected chi connectivity index (χ1v) is 11.1. The number of hydrogen-bond acceptors (Lipinski definition) is 4. The van der Waals surface area contributed by atoms with E-state index in [4.69, 9.17) is 9.72 Å². The SMILES string of the molecule is [Pt+2].[c-]1ccccc1-c1cccc(Oc2cccc(-c3[c-]cc4c(c3)sc3ccccc34)n2)n1. The molecule has 0 fully saturated rings. The van der Waals surface area contributed by atoms with Gasteiger partial charge in [0, 0.05) is 4.70 Å². The van der Waals surface area contributed by atoms with Crippen molar-refractivity contribution in [3.8, 4) is 34.3 Å². The third-order valence-electron chi connectivity index (χ3n) is 5.23. The van der Waals surface area contributed by atoms with Gasteiger partial charge in [-0.15, -0.1) is 59.7 Å². The third-order valence-corrected chi connectivity index (χ3v) is 6.36. The quantitative estimate of drug-likeness (QED) is 0.190. The van der Waals surface area contributed by atoms with Crippen molar-refractivity contribution in [1.29, 1.82) is 0 Å². The van der Waals surface area contributed by atoms with Crippen molar-refractivity contribution in [2.45, 2.75) is 0 Å². The average molecular weight is 624 g/mol. The molecule has 0 saturated heterocycles. The molecule has 0 unspecified atom stereocenters. The number of benzene rings is 3. The van der Waals surface area contributed by atoms with Gasteiger partial charge in [0.2, 0.25) is 11.8 Å². The van der Waals surface area contributed by atoms with E-state index in [-0.39, 0.29) is 21.1 Å². The molecule has 0 aliphatic carbocycles. The van der Waals surface area contributed by atoms with Crippen LogP contribution in [0.15, 0.2) is 97.1 Å². The largest absolute Gasteiger partial charge is 2.00 e. The predicted molar refractivity (Wildman–Crippen MR) is 130 cm³/mol. The molecule has 0 spiro atoms. The normalized spacial score (nSPS) is 10.8. The summed E-state index contributed by atoms with van der Waals surface area (Å²) < 4.78 is 8.49. The van der Waals surface area contributed by atoms with Gasteiger partial charge in [0.15, 0.2) is 0 Å². The van der Waals surface area contributed by atoms with Crippen LogP contribution >= 0.6 is 11.3 Å². The summed E-state index contributed by atoms with van der Waals surface area (Å²) in [5, 5.41) is 2.49. The van der Waals surface area contributed by atoms with Crippen LogP contribution in [0.25, 0.3) is 42.7 Å². The standard InChI is InChI=1S/C28H16N2OS.Pt/c1-2-8-19(9-3-1)23-11-6-14-27(29-23)31-28-15-7-12-24(30-28)20-16-17-22-21-10-4-5-13-25(21)32-26(22)18-20;/h1-8,10-15,17-18H;/q-2;+2. The van der Waals surface area contributed by atoms with Crippen LogP contribution < -0.4 is 4.74 Å². The molecule has 0 amide bonds. The molecule has 6 rings (SSSR count). The number of fused-ring (bicyclic) bond motifs is 3. The number of aromatic nitrogens is 2. The second-order valence-electron chi connectivity index (χ2n) is 7.32. The Morgan fingerprint density at radius 3 is 2.12 bits per heavy atom. The van der Waals surface area contributed by atoms with Gasteiger partial charge < -0.3 is 4.74 Å². The summed E-state index contributed by atoms with van der Waals surface area (Å²) in [5.41, 5.74) is 3.48. The molecule has 160 valence electrons. The zero-order valence-corrected chi connectivity index (χ0v) is 20.4. The van der Waals surface area contributed by atoms with Crippen LogP contribution in [0, 0.1) is 12.1 Å². The van der Waals surface area contributed by atoms with Crippen LogP contribution in [0.1, 0.15) is 0 Å². The number of ether oxygens (including phenoxy) is 1. The topological polar surface area (TPSA) is 35.0 Å². The summed E-state index contributed by atoms with van der Waals surface area (Å²) in [6.07, 6.45) is 0. The summed E-state index contributed by atoms with van der Waals surface area (Å²) in [6.45, 7) is 0. The molecule has 0 bridgehead atoms. The van der Waals surface area contributed by atoms with Gasteiger partial charge in [-0.1, -0.05) is 47.9 Å². The number of thiophene rings is 1. The molecule has 0 atom stereocenters. The second kappa shape index (κ2) is 9.27. The molecule has 5 heteroatoms. The summed E-state index contributed by atoms with van der Waals surface area (Å²) in [6, 6.07) is 38.5. The van der Waals surface area contributed by atoms with Crippen molar-refractivity contribution < 1.29 is 25.8 Å². The van der Waals surface area contributed by atoms with Crippen LogP contribution in [-0.2, 0) is 21.1 Å². The minimum Gasteiger partial charge on any atom is -0.422 e. The van der Waals surface area contributed by atoms with Crippen LogP contribution in [0.4, 0.5) is 0 Å². The molecule has 0 radical (unpaired) electrons. The molecule has 3 heterocycles. The van der Waals surface area contributed by atoms with Gasteiger partial charge in [-0.3, -0.25) is 9.97 Å². The first kappa shape index (κ1) is 21.5. The van der Waals surface area contributed by atoms with E-state index in [9.17, 15) is 0 Å². The van der Waals surface area contributed by atoms with Crippen molar-refractivity contribution in [1.82, 2.24) is 9.97 Å². The van der Waals surface area contributed by atoms with Crippen molar-refractivity contribution in [3.63, 3.8) is 0 Å². The Kier molecular flexibility index (Phi) is 6.04. The average Bonchev–Trinajstić information content (AvgIpc) is 3.23. The van der Waals surface area contributed by atoms with Gasteiger partial charge in [0.1, 0.15) is 0 Å². The van der Waals surface area contributed by atoms with Gasteiger partial charge in [-0.25, -0.2) is 0 Å². The van der Waals surface area contributed by atoms with Crippen LogP contribution in [0.2, 0.25) is 0 Å². The Bertz CT molecular complexity index is 1560. The summed E-state index contributed by atoms with van der Waals surface area (Å²) in [4.78, 5) is 9.31. The molecule has 3 nitrogen and oxygen atoms in total. The van der Waals surface area contributed by atoms with Crippen LogP contribution in [-0.4, -0.2) is 9.97 Å². The van der Waals surface area contributed by atoms with Gasteiger partial charge in [-0.05, 0) is 39.7 Å². The fourth-order valence-corrected chi connectivity index (χ4v) is 4.84. The molecule has 0 aliphatic rings. The van der Waals surface area contributed by atoms with Crippen molar-refractivity contribution in [2.24, 2.45) is 0 Å². The van der Waals surface area contributed by atoms with E-state index in [1.54, 1.807) is 11.3 Å². The Hall–Kier alpha value is -3.33.